The molecule has 1 saturated heterocycles. The van der Waals surface area contributed by atoms with Crippen molar-refractivity contribution in [2.24, 2.45) is 0 Å². The van der Waals surface area contributed by atoms with Crippen LogP contribution in [0, 0.1) is 11.3 Å². The summed E-state index contributed by atoms with van der Waals surface area (Å²) in [6.07, 6.45) is 7.68. The van der Waals surface area contributed by atoms with Crippen LogP contribution < -0.4 is 5.32 Å². The molecule has 4 rings (SSSR count). The van der Waals surface area contributed by atoms with Crippen LogP contribution >= 0.6 is 0 Å². The summed E-state index contributed by atoms with van der Waals surface area (Å²) in [5, 5.41) is 21.0. The molecule has 0 spiro atoms. The molecule has 0 saturated carbocycles. The van der Waals surface area contributed by atoms with E-state index in [1.165, 1.54) is 16.7 Å². The van der Waals surface area contributed by atoms with E-state index in [4.69, 9.17) is 10.1 Å². The third-order valence-corrected chi connectivity index (χ3v) is 8.79. The lowest BCUT2D eigenvalue weighted by atomic mass is 9.66. The molecule has 2 amide bonds. The number of fused-ring (bicyclic) bond motifs is 1. The van der Waals surface area contributed by atoms with Gasteiger partial charge in [0.25, 0.3) is 5.91 Å². The maximum absolute atomic E-state index is 13.1. The van der Waals surface area contributed by atoms with Gasteiger partial charge in [-0.3, -0.25) is 14.7 Å². The van der Waals surface area contributed by atoms with Gasteiger partial charge in [0.2, 0.25) is 5.91 Å². The summed E-state index contributed by atoms with van der Waals surface area (Å²) in [6, 6.07) is 7.93. The largest absolute Gasteiger partial charge is 0.345 e. The van der Waals surface area contributed by atoms with Gasteiger partial charge >= 0.3 is 0 Å². The minimum atomic E-state index is -0.677. The lowest BCUT2D eigenvalue weighted by Crippen LogP contribution is -2.45. The van der Waals surface area contributed by atoms with Crippen molar-refractivity contribution < 1.29 is 9.59 Å². The number of likely N-dealkylation sites (tertiary alicyclic amines) is 1. The molecule has 0 bridgehead atoms. The zero-order valence-electron chi connectivity index (χ0n) is 26.9. The molecule has 230 valence electrons. The second-order valence-electron chi connectivity index (χ2n) is 12.4. The molecule has 2 unspecified atom stereocenters. The number of rotatable bonds is 10. The molecule has 1 fully saturated rings. The van der Waals surface area contributed by atoms with Crippen LogP contribution in [0.3, 0.4) is 0 Å². The van der Waals surface area contributed by atoms with Gasteiger partial charge in [-0.1, -0.05) is 31.6 Å². The predicted octanol–water partition coefficient (Wildman–Crippen LogP) is 4.86. The van der Waals surface area contributed by atoms with Crippen LogP contribution in [0.25, 0.3) is 0 Å². The Morgan fingerprint density at radius 3 is 2.65 bits per heavy atom. The number of nitrogens with one attached hydrogen (secondary N) is 2. The molecule has 9 heteroatoms. The molecule has 2 aromatic rings. The molecule has 1 aromatic carbocycles. The van der Waals surface area contributed by atoms with Crippen LogP contribution in [0.2, 0.25) is 0 Å². The van der Waals surface area contributed by atoms with Crippen molar-refractivity contribution >= 4 is 11.8 Å². The van der Waals surface area contributed by atoms with Crippen molar-refractivity contribution in [1.82, 2.24) is 30.3 Å². The first kappa shape index (κ1) is 32.2. The molecule has 2 aliphatic rings. The van der Waals surface area contributed by atoms with E-state index >= 15 is 0 Å². The van der Waals surface area contributed by atoms with Crippen LogP contribution in [-0.2, 0) is 23.1 Å². The van der Waals surface area contributed by atoms with Crippen LogP contribution in [0.15, 0.2) is 41.0 Å². The van der Waals surface area contributed by atoms with Crippen molar-refractivity contribution in [3.63, 3.8) is 0 Å². The number of H-pyrrole nitrogens is 1. The number of allylic oxidation sites excluding steroid dienone is 4. The average Bonchev–Trinajstić information content (AvgIpc) is 3.65. The molecule has 0 radical (unpaired) electrons. The smallest absolute Gasteiger partial charge is 0.253 e. The SMILES string of the molecule is CCC1=C(C=C(C)C)CCc2cc(C(=O)N(C)C)ccc2C1(C[C@@H](C)NCC(=O)N1CCCC1C#N)c1n[nH]c(CC)n1. The Bertz CT molecular complexity index is 1440. The van der Waals surface area contributed by atoms with Crippen molar-refractivity contribution in [2.45, 2.75) is 97.1 Å². The Hall–Kier alpha value is -3.77. The monoisotopic (exact) mass is 585 g/mol. The fourth-order valence-corrected chi connectivity index (χ4v) is 6.82. The number of aromatic nitrogens is 3. The van der Waals surface area contributed by atoms with Crippen LogP contribution in [0.1, 0.15) is 99.9 Å². The molecule has 2 N–H and O–H groups in total. The Balaban J connectivity index is 1.85. The second-order valence-corrected chi connectivity index (χ2v) is 12.4. The molecule has 1 aliphatic carbocycles. The highest BCUT2D eigenvalue weighted by molar-refractivity contribution is 5.94. The third kappa shape index (κ3) is 6.59. The fourth-order valence-electron chi connectivity index (χ4n) is 6.82. The van der Waals surface area contributed by atoms with E-state index in [0.717, 1.165) is 61.3 Å². The predicted molar refractivity (Wildman–Crippen MR) is 168 cm³/mol. The number of nitrogens with zero attached hydrogens (tertiary/aromatic N) is 5. The van der Waals surface area contributed by atoms with Gasteiger partial charge in [0.15, 0.2) is 5.82 Å². The van der Waals surface area contributed by atoms with E-state index in [2.05, 4.69) is 69.3 Å². The number of carbonyl (C=O) groups excluding carboxylic acids is 2. The van der Waals surface area contributed by atoms with Crippen LogP contribution in [0.4, 0.5) is 0 Å². The molecular weight excluding hydrogens is 538 g/mol. The maximum Gasteiger partial charge on any atom is 0.253 e. The molecule has 1 aromatic heterocycles. The van der Waals surface area contributed by atoms with E-state index in [0.29, 0.717) is 18.5 Å². The van der Waals surface area contributed by atoms with Crippen LogP contribution in [0.5, 0.6) is 0 Å². The first-order chi connectivity index (χ1) is 20.5. The quantitative estimate of drug-likeness (QED) is 0.411. The number of carbonyl (C=O) groups is 2. The molecule has 9 nitrogen and oxygen atoms in total. The summed E-state index contributed by atoms with van der Waals surface area (Å²) in [5.74, 6) is 1.48. The highest BCUT2D eigenvalue weighted by Crippen LogP contribution is 2.49. The molecule has 2 heterocycles. The summed E-state index contributed by atoms with van der Waals surface area (Å²) in [5.41, 5.74) is 5.99. The lowest BCUT2D eigenvalue weighted by Gasteiger charge is -2.38. The minimum Gasteiger partial charge on any atom is -0.345 e. The third-order valence-electron chi connectivity index (χ3n) is 8.79. The Kier molecular flexibility index (Phi) is 10.2. The Morgan fingerprint density at radius 2 is 2.02 bits per heavy atom. The van der Waals surface area contributed by atoms with Gasteiger partial charge in [-0.2, -0.15) is 10.4 Å². The first-order valence-corrected chi connectivity index (χ1v) is 15.6. The molecular formula is C34H47N7O2. The van der Waals surface area contributed by atoms with Gasteiger partial charge in [0, 0.05) is 38.7 Å². The molecule has 43 heavy (non-hydrogen) atoms. The van der Waals surface area contributed by atoms with Gasteiger partial charge < -0.3 is 15.1 Å². The van der Waals surface area contributed by atoms with Gasteiger partial charge in [0.1, 0.15) is 11.9 Å². The highest BCUT2D eigenvalue weighted by atomic mass is 16.2. The normalized spacial score (nSPS) is 20.7. The van der Waals surface area contributed by atoms with Crippen molar-refractivity contribution in [2.75, 3.05) is 27.2 Å². The second kappa shape index (κ2) is 13.7. The van der Waals surface area contributed by atoms with Gasteiger partial charge in [-0.25, -0.2) is 4.98 Å². The minimum absolute atomic E-state index is 0.0249. The van der Waals surface area contributed by atoms with Gasteiger partial charge in [0.05, 0.1) is 18.0 Å². The number of nitriles is 1. The summed E-state index contributed by atoms with van der Waals surface area (Å²) in [6.45, 7) is 11.4. The highest BCUT2D eigenvalue weighted by Gasteiger charge is 2.46. The van der Waals surface area contributed by atoms with Crippen molar-refractivity contribution in [1.29, 1.82) is 5.26 Å². The average molecular weight is 586 g/mol. The molecule has 1 aliphatic heterocycles. The number of aryl methyl sites for hydroxylation is 2. The van der Waals surface area contributed by atoms with Crippen LogP contribution in [-0.4, -0.2) is 76.1 Å². The van der Waals surface area contributed by atoms with Crippen molar-refractivity contribution in [3.05, 3.63) is 69.3 Å². The Morgan fingerprint density at radius 1 is 1.26 bits per heavy atom. The van der Waals surface area contributed by atoms with E-state index < -0.39 is 5.41 Å². The zero-order valence-corrected chi connectivity index (χ0v) is 26.9. The standard InChI is InChI=1S/C34H47N7O2/c1-8-28-24(17-22(3)4)12-13-25-18-26(32(43)40(6)7)14-15-29(25)34(28,33-37-30(9-2)38-39-33)19-23(5)36-21-31(42)41-16-10-11-27(41)20-35/h14-15,17-18,23,27,36H,8-13,16,19,21H2,1-7H3,(H,37,38,39)/t23-,27?,34?/m1/s1. The summed E-state index contributed by atoms with van der Waals surface area (Å²) in [7, 11) is 3.55. The summed E-state index contributed by atoms with van der Waals surface area (Å²) in [4.78, 5) is 34.5. The maximum atomic E-state index is 13.1. The Labute approximate surface area is 256 Å². The van der Waals surface area contributed by atoms with E-state index in [-0.39, 0.29) is 30.4 Å². The van der Waals surface area contributed by atoms with Crippen molar-refractivity contribution in [3.8, 4) is 6.07 Å². The number of aromatic amines is 1. The molecule has 3 atom stereocenters. The topological polar surface area (TPSA) is 118 Å². The summed E-state index contributed by atoms with van der Waals surface area (Å²) >= 11 is 0. The zero-order chi connectivity index (χ0) is 31.3. The fraction of sp³-hybridized carbons (Fsp3) is 0.559. The summed E-state index contributed by atoms with van der Waals surface area (Å²) < 4.78 is 0. The number of hydrogen-bond acceptors (Lipinski definition) is 6. The number of amides is 2. The number of benzene rings is 1. The van der Waals surface area contributed by atoms with E-state index in [1.807, 2.05) is 6.07 Å². The number of hydrogen-bond donors (Lipinski definition) is 2. The van der Waals surface area contributed by atoms with E-state index in [1.54, 1.807) is 23.9 Å². The first-order valence-electron chi connectivity index (χ1n) is 15.6. The lowest BCUT2D eigenvalue weighted by molar-refractivity contribution is -0.130. The van der Waals surface area contributed by atoms with Gasteiger partial charge in [-0.15, -0.1) is 0 Å². The van der Waals surface area contributed by atoms with E-state index in [9.17, 15) is 14.9 Å². The van der Waals surface area contributed by atoms with Gasteiger partial charge in [-0.05, 0) is 93.7 Å².